The summed E-state index contributed by atoms with van der Waals surface area (Å²) in [4.78, 5) is 14.3. The molecule has 3 nitrogen and oxygen atoms in total. The zero-order valence-electron chi connectivity index (χ0n) is 11.6. The van der Waals surface area contributed by atoms with Gasteiger partial charge in [0.1, 0.15) is 16.3 Å². The van der Waals surface area contributed by atoms with E-state index in [2.05, 4.69) is 0 Å². The van der Waals surface area contributed by atoms with Gasteiger partial charge in [0.15, 0.2) is 0 Å². The van der Waals surface area contributed by atoms with Gasteiger partial charge in [0.2, 0.25) is 5.91 Å². The zero-order chi connectivity index (χ0) is 15.3. The molecule has 1 amide bonds. The molecule has 3 rings (SSSR count). The quantitative estimate of drug-likeness (QED) is 0.778. The minimum absolute atomic E-state index is 0.0390. The monoisotopic (exact) mass is 331 g/mol. The smallest absolute Gasteiger partial charge is 0.231 e. The number of morpholine rings is 1. The van der Waals surface area contributed by atoms with E-state index in [1.165, 1.54) is 12.1 Å². The molecular weight excluding hydrogens is 316 g/mol. The van der Waals surface area contributed by atoms with Crippen LogP contribution in [-0.2, 0) is 9.53 Å². The summed E-state index contributed by atoms with van der Waals surface area (Å²) in [7, 11) is 0. The molecule has 21 heavy (non-hydrogen) atoms. The molecule has 0 radical (unpaired) electrons. The fourth-order valence-electron chi connectivity index (χ4n) is 2.69. The molecule has 2 unspecified atom stereocenters. The topological polar surface area (TPSA) is 29.5 Å². The summed E-state index contributed by atoms with van der Waals surface area (Å²) >= 11 is 12.2. The van der Waals surface area contributed by atoms with Gasteiger partial charge in [-0.25, -0.2) is 4.39 Å². The third kappa shape index (κ3) is 2.65. The number of carbonyl (C=O) groups excluding carboxylic acids is 1. The molecule has 1 aliphatic carbocycles. The number of hydrogen-bond donors (Lipinski definition) is 0. The van der Waals surface area contributed by atoms with Crippen molar-refractivity contribution in [1.82, 2.24) is 4.90 Å². The molecule has 6 heteroatoms. The van der Waals surface area contributed by atoms with Crippen molar-refractivity contribution in [3.8, 4) is 0 Å². The molecule has 0 spiro atoms. The first-order valence-electron chi connectivity index (χ1n) is 6.88. The van der Waals surface area contributed by atoms with Gasteiger partial charge in [-0.1, -0.05) is 12.1 Å². The van der Waals surface area contributed by atoms with Crippen LogP contribution in [0.1, 0.15) is 25.0 Å². The van der Waals surface area contributed by atoms with E-state index in [4.69, 9.17) is 27.9 Å². The molecule has 1 saturated carbocycles. The lowest BCUT2D eigenvalue weighted by atomic mass is 10.0. The van der Waals surface area contributed by atoms with E-state index in [0.717, 1.165) is 5.56 Å². The largest absolute Gasteiger partial charge is 0.370 e. The van der Waals surface area contributed by atoms with Crippen LogP contribution in [-0.4, -0.2) is 34.8 Å². The van der Waals surface area contributed by atoms with Crippen LogP contribution in [0.4, 0.5) is 4.39 Å². The molecule has 114 valence electrons. The second kappa shape index (κ2) is 5.11. The van der Waals surface area contributed by atoms with Gasteiger partial charge in [-0.3, -0.25) is 4.79 Å². The predicted octanol–water partition coefficient (Wildman–Crippen LogP) is 3.31. The van der Waals surface area contributed by atoms with Crippen LogP contribution in [0.2, 0.25) is 0 Å². The number of halogens is 3. The molecule has 1 aliphatic heterocycles. The van der Waals surface area contributed by atoms with Crippen LogP contribution in [0.15, 0.2) is 24.3 Å². The van der Waals surface area contributed by atoms with Crippen LogP contribution in [0.3, 0.4) is 0 Å². The van der Waals surface area contributed by atoms with Crippen molar-refractivity contribution in [3.63, 3.8) is 0 Å². The first kappa shape index (κ1) is 15.1. The number of carbonyl (C=O) groups is 1. The Bertz CT molecular complexity index is 563. The summed E-state index contributed by atoms with van der Waals surface area (Å²) in [6.45, 7) is 3.19. The Morgan fingerprint density at radius 2 is 2.00 bits per heavy atom. The predicted molar refractivity (Wildman–Crippen MR) is 78.8 cm³/mol. The third-order valence-corrected chi connectivity index (χ3v) is 5.43. The molecular formula is C15H16Cl2FNO2. The van der Waals surface area contributed by atoms with Crippen molar-refractivity contribution in [2.45, 2.75) is 23.8 Å². The fourth-order valence-corrected chi connectivity index (χ4v) is 3.39. The van der Waals surface area contributed by atoms with Crippen LogP contribution in [0.25, 0.3) is 0 Å². The number of alkyl halides is 2. The van der Waals surface area contributed by atoms with Crippen LogP contribution in [0, 0.1) is 11.2 Å². The SMILES string of the molecule is CC1(C(=O)N2CCOC(c3ccc(F)cc3)C2)CC1(Cl)Cl. The van der Waals surface area contributed by atoms with Crippen molar-refractivity contribution < 1.29 is 13.9 Å². The molecule has 1 heterocycles. The Morgan fingerprint density at radius 3 is 2.57 bits per heavy atom. The van der Waals surface area contributed by atoms with Gasteiger partial charge >= 0.3 is 0 Å². The summed E-state index contributed by atoms with van der Waals surface area (Å²) in [5.41, 5.74) is 0.152. The van der Waals surface area contributed by atoms with E-state index < -0.39 is 9.75 Å². The second-order valence-electron chi connectivity index (χ2n) is 5.88. The van der Waals surface area contributed by atoms with Crippen LogP contribution >= 0.6 is 23.2 Å². The Morgan fingerprint density at radius 1 is 1.38 bits per heavy atom. The first-order chi connectivity index (χ1) is 9.83. The highest BCUT2D eigenvalue weighted by Gasteiger charge is 2.68. The molecule has 0 N–H and O–H groups in total. The Balaban J connectivity index is 1.72. The van der Waals surface area contributed by atoms with E-state index >= 15 is 0 Å². The molecule has 1 aromatic carbocycles. The number of rotatable bonds is 2. The van der Waals surface area contributed by atoms with Gasteiger partial charge in [0.25, 0.3) is 0 Å². The highest BCUT2D eigenvalue weighted by molar-refractivity contribution is 6.53. The number of nitrogens with zero attached hydrogens (tertiary/aromatic N) is 1. The van der Waals surface area contributed by atoms with E-state index in [-0.39, 0.29) is 17.8 Å². The molecule has 1 saturated heterocycles. The highest BCUT2D eigenvalue weighted by atomic mass is 35.5. The van der Waals surface area contributed by atoms with Crippen molar-refractivity contribution in [3.05, 3.63) is 35.6 Å². The van der Waals surface area contributed by atoms with Crippen LogP contribution < -0.4 is 0 Å². The molecule has 1 aromatic rings. The molecule has 0 bridgehead atoms. The van der Waals surface area contributed by atoms with Gasteiger partial charge in [-0.05, 0) is 31.0 Å². The maximum atomic E-state index is 13.0. The summed E-state index contributed by atoms with van der Waals surface area (Å²) in [5, 5.41) is 0. The number of amides is 1. The number of hydrogen-bond acceptors (Lipinski definition) is 2. The molecule has 0 aromatic heterocycles. The summed E-state index contributed by atoms with van der Waals surface area (Å²) < 4.78 is 17.7. The average Bonchev–Trinajstić information content (AvgIpc) is 2.99. The van der Waals surface area contributed by atoms with Crippen molar-refractivity contribution in [2.75, 3.05) is 19.7 Å². The molecule has 2 atom stereocenters. The lowest BCUT2D eigenvalue weighted by molar-refractivity contribution is -0.144. The summed E-state index contributed by atoms with van der Waals surface area (Å²) in [6, 6.07) is 6.15. The zero-order valence-corrected chi connectivity index (χ0v) is 13.1. The minimum atomic E-state index is -0.965. The Labute approximate surface area is 133 Å². The normalized spacial score (nSPS) is 31.0. The minimum Gasteiger partial charge on any atom is -0.370 e. The Kier molecular flexibility index (Phi) is 3.67. The maximum absolute atomic E-state index is 13.0. The molecule has 2 aliphatic rings. The lowest BCUT2D eigenvalue weighted by Gasteiger charge is -2.35. The summed E-state index contributed by atoms with van der Waals surface area (Å²) in [6.07, 6.45) is 0.228. The molecule has 2 fully saturated rings. The van der Waals surface area contributed by atoms with Gasteiger partial charge in [0.05, 0.1) is 18.6 Å². The van der Waals surface area contributed by atoms with Crippen molar-refractivity contribution >= 4 is 29.1 Å². The van der Waals surface area contributed by atoms with Crippen molar-refractivity contribution in [1.29, 1.82) is 0 Å². The van der Waals surface area contributed by atoms with Crippen LogP contribution in [0.5, 0.6) is 0 Å². The maximum Gasteiger partial charge on any atom is 0.231 e. The third-order valence-electron chi connectivity index (χ3n) is 4.33. The second-order valence-corrected chi connectivity index (χ2v) is 7.36. The summed E-state index contributed by atoms with van der Waals surface area (Å²) in [5.74, 6) is -0.329. The van der Waals surface area contributed by atoms with E-state index in [0.29, 0.717) is 26.1 Å². The average molecular weight is 332 g/mol. The van der Waals surface area contributed by atoms with Gasteiger partial charge in [-0.15, -0.1) is 23.2 Å². The Hall–Kier alpha value is -0.840. The van der Waals surface area contributed by atoms with E-state index in [1.807, 2.05) is 0 Å². The number of benzene rings is 1. The highest BCUT2D eigenvalue weighted by Crippen LogP contribution is 2.64. The lowest BCUT2D eigenvalue weighted by Crippen LogP contribution is -2.46. The fraction of sp³-hybridized carbons (Fsp3) is 0.533. The number of ether oxygens (including phenoxy) is 1. The van der Waals surface area contributed by atoms with E-state index in [1.54, 1.807) is 24.0 Å². The van der Waals surface area contributed by atoms with Gasteiger partial charge in [0, 0.05) is 6.54 Å². The van der Waals surface area contributed by atoms with E-state index in [9.17, 15) is 9.18 Å². The van der Waals surface area contributed by atoms with Crippen molar-refractivity contribution in [2.24, 2.45) is 5.41 Å². The van der Waals surface area contributed by atoms with Gasteiger partial charge in [-0.2, -0.15) is 0 Å². The van der Waals surface area contributed by atoms with Gasteiger partial charge < -0.3 is 9.64 Å². The standard InChI is InChI=1S/C15H16Cl2FNO2/c1-14(9-15(14,16)17)13(20)19-6-7-21-12(8-19)10-2-4-11(18)5-3-10/h2-5,12H,6-9H2,1H3. The first-order valence-corrected chi connectivity index (χ1v) is 7.63.